The van der Waals surface area contributed by atoms with Gasteiger partial charge in [-0.2, -0.15) is 0 Å². The molecule has 1 aliphatic rings. The predicted molar refractivity (Wildman–Crippen MR) is 97.9 cm³/mol. The average molecular weight is 427 g/mol. The van der Waals surface area contributed by atoms with Crippen molar-refractivity contribution in [2.24, 2.45) is 0 Å². The highest BCUT2D eigenvalue weighted by Crippen LogP contribution is 2.17. The molecule has 1 rings (SSSR count). The summed E-state index contributed by atoms with van der Waals surface area (Å²) in [5.41, 5.74) is 1.30. The van der Waals surface area contributed by atoms with Gasteiger partial charge in [0.25, 0.3) is 11.8 Å². The summed E-state index contributed by atoms with van der Waals surface area (Å²) in [6, 6.07) is 0. The van der Waals surface area contributed by atoms with Crippen molar-refractivity contribution in [3.05, 3.63) is 11.1 Å². The molecule has 0 aromatic carbocycles. The third-order valence-electron chi connectivity index (χ3n) is 2.69. The van der Waals surface area contributed by atoms with Crippen LogP contribution in [0.3, 0.4) is 0 Å². The van der Waals surface area contributed by atoms with Crippen LogP contribution in [0.5, 0.6) is 0 Å². The Balaban J connectivity index is -0.000000344. The zero-order valence-electron chi connectivity index (χ0n) is 16.3. The molecule has 0 fully saturated rings. The first-order valence-electron chi connectivity index (χ1n) is 8.37. The average Bonchev–Trinajstić information content (AvgIpc) is 2.90. The summed E-state index contributed by atoms with van der Waals surface area (Å²) in [7, 11) is 0. The van der Waals surface area contributed by atoms with E-state index in [2.05, 4.69) is 5.32 Å². The third kappa shape index (κ3) is 23.2. The van der Waals surface area contributed by atoms with Gasteiger partial charge in [0, 0.05) is 11.1 Å². The maximum absolute atomic E-state index is 11.0. The normalized spacial score (nSPS) is 11.9. The fourth-order valence-corrected chi connectivity index (χ4v) is 1.73. The van der Waals surface area contributed by atoms with Gasteiger partial charge in [-0.25, -0.2) is 9.59 Å². The van der Waals surface area contributed by atoms with Crippen molar-refractivity contribution >= 4 is 24.1 Å². The zero-order valence-corrected chi connectivity index (χ0v) is 16.3. The number of carbonyl (C=O) groups is 4. The Labute approximate surface area is 167 Å². The highest BCUT2D eigenvalue weighted by molar-refractivity contribution is 6.19. The minimum absolute atomic E-state index is 0.0417. The number of aliphatic hydroxyl groups excluding tert-OH is 2. The molecule has 13 nitrogen and oxygen atoms in total. The second-order valence-electron chi connectivity index (χ2n) is 4.68. The fraction of sp³-hybridized carbons (Fsp3) is 0.625. The second-order valence-corrected chi connectivity index (χ2v) is 4.68. The molecule has 2 amide bonds. The molecule has 0 aliphatic carbocycles. The topological polar surface area (TPSA) is 220 Å². The largest absolute Gasteiger partial charge is 0.503 e. The molecule has 0 saturated heterocycles. The lowest BCUT2D eigenvalue weighted by atomic mass is 10.1. The highest BCUT2D eigenvalue weighted by Gasteiger charge is 2.26. The molecular weight excluding hydrogens is 398 g/mol. The van der Waals surface area contributed by atoms with Gasteiger partial charge in [0.1, 0.15) is 0 Å². The maximum Gasteiger partial charge on any atom is 0.503 e. The Bertz CT molecular complexity index is 466. The molecule has 0 aromatic heterocycles. The van der Waals surface area contributed by atoms with Crippen molar-refractivity contribution in [3.8, 4) is 0 Å². The Morgan fingerprint density at radius 3 is 1.21 bits per heavy atom. The Kier molecular flexibility index (Phi) is 23.0. The smallest absolute Gasteiger partial charge is 0.450 e. The van der Waals surface area contributed by atoms with Gasteiger partial charge >= 0.3 is 12.3 Å². The Hall–Kier alpha value is -2.74. The van der Waals surface area contributed by atoms with Crippen LogP contribution in [0.1, 0.15) is 26.7 Å². The number of rotatable bonds is 9. The second kappa shape index (κ2) is 21.6. The van der Waals surface area contributed by atoms with E-state index in [9.17, 15) is 9.59 Å². The molecule has 0 aromatic rings. The number of ether oxygens (including phenoxy) is 2. The lowest BCUT2D eigenvalue weighted by Crippen LogP contribution is -2.23. The quantitative estimate of drug-likeness (QED) is 0.194. The molecule has 170 valence electrons. The van der Waals surface area contributed by atoms with Gasteiger partial charge in [-0.15, -0.1) is 0 Å². The number of hydrogen-bond donors (Lipinski definition) is 7. The molecule has 29 heavy (non-hydrogen) atoms. The summed E-state index contributed by atoms with van der Waals surface area (Å²) in [6.45, 7) is 5.48. The van der Waals surface area contributed by atoms with E-state index in [-0.39, 0.29) is 25.0 Å². The van der Waals surface area contributed by atoms with Crippen LogP contribution in [0.2, 0.25) is 0 Å². The molecule has 0 spiro atoms. The number of carboxylic acid groups (broad SMARTS) is 4. The van der Waals surface area contributed by atoms with E-state index >= 15 is 0 Å². The molecule has 0 radical (unpaired) electrons. The summed E-state index contributed by atoms with van der Waals surface area (Å²) >= 11 is 0. The van der Waals surface area contributed by atoms with Crippen LogP contribution in [0.15, 0.2) is 11.1 Å². The minimum Gasteiger partial charge on any atom is -0.450 e. The monoisotopic (exact) mass is 427 g/mol. The predicted octanol–water partition coefficient (Wildman–Crippen LogP) is 0.208. The maximum atomic E-state index is 11.0. The van der Waals surface area contributed by atoms with E-state index in [0.717, 1.165) is 0 Å². The summed E-state index contributed by atoms with van der Waals surface area (Å²) < 4.78 is 9.75. The number of carbonyl (C=O) groups excluding carboxylic acids is 2. The fourth-order valence-electron chi connectivity index (χ4n) is 1.73. The summed E-state index contributed by atoms with van der Waals surface area (Å²) in [5, 5.41) is 46.7. The first-order valence-corrected chi connectivity index (χ1v) is 8.37. The molecule has 0 bridgehead atoms. The van der Waals surface area contributed by atoms with Crippen LogP contribution in [0, 0.1) is 0 Å². The number of nitrogens with one attached hydrogen (secondary N) is 1. The van der Waals surface area contributed by atoms with Gasteiger partial charge in [-0.05, 0) is 12.8 Å². The van der Waals surface area contributed by atoms with Crippen molar-refractivity contribution in [2.75, 3.05) is 39.6 Å². The first-order chi connectivity index (χ1) is 13.6. The van der Waals surface area contributed by atoms with Crippen LogP contribution in [-0.2, 0) is 19.1 Å². The molecule has 1 aliphatic heterocycles. The first kappa shape index (κ1) is 31.0. The van der Waals surface area contributed by atoms with Gasteiger partial charge in [-0.3, -0.25) is 14.9 Å². The lowest BCUT2D eigenvalue weighted by Gasteiger charge is -2.01. The van der Waals surface area contributed by atoms with Crippen molar-refractivity contribution in [1.29, 1.82) is 0 Å². The Morgan fingerprint density at radius 1 is 0.724 bits per heavy atom. The van der Waals surface area contributed by atoms with Gasteiger partial charge in [0.2, 0.25) is 0 Å². The summed E-state index contributed by atoms with van der Waals surface area (Å²) in [6.07, 6.45) is -2.39. The lowest BCUT2D eigenvalue weighted by molar-refractivity contribution is -0.124. The van der Waals surface area contributed by atoms with Crippen molar-refractivity contribution in [2.45, 2.75) is 26.7 Å². The van der Waals surface area contributed by atoms with Gasteiger partial charge < -0.3 is 40.1 Å². The minimum atomic E-state index is -1.83. The number of hydrogen-bond acceptors (Lipinski definition) is 8. The SMILES string of the molecule is CCC1=C(CC)C(=O)NC1=O.O=C(O)O.O=C(O)O.OCCOCCOCCO. The van der Waals surface area contributed by atoms with Gasteiger partial charge in [0.05, 0.1) is 39.6 Å². The van der Waals surface area contributed by atoms with E-state index in [1.807, 2.05) is 13.8 Å². The molecule has 13 heteroatoms. The number of amides is 2. The van der Waals surface area contributed by atoms with E-state index in [1.54, 1.807) is 0 Å². The Morgan fingerprint density at radius 2 is 1.00 bits per heavy atom. The zero-order chi connectivity index (χ0) is 23.2. The van der Waals surface area contributed by atoms with E-state index in [4.69, 9.17) is 49.7 Å². The van der Waals surface area contributed by atoms with Crippen LogP contribution < -0.4 is 5.32 Å². The standard InChI is InChI=1S/C8H11NO2.C6H14O4.2CH2O3/c1-3-5-6(4-2)8(11)9-7(5)10;7-1-3-9-5-6-10-4-2-8;2*2-1(3)4/h3-4H2,1-2H3,(H,9,10,11);7-8H,1-6H2;2*(H2,2,3,4). The van der Waals surface area contributed by atoms with E-state index < -0.39 is 12.3 Å². The summed E-state index contributed by atoms with van der Waals surface area (Å²) in [5.74, 6) is -0.427. The van der Waals surface area contributed by atoms with Crippen LogP contribution in [0.25, 0.3) is 0 Å². The molecule has 1 heterocycles. The van der Waals surface area contributed by atoms with E-state index in [0.29, 0.717) is 50.4 Å². The van der Waals surface area contributed by atoms with Crippen molar-refractivity contribution in [3.63, 3.8) is 0 Å². The van der Waals surface area contributed by atoms with Crippen molar-refractivity contribution in [1.82, 2.24) is 5.32 Å². The van der Waals surface area contributed by atoms with Gasteiger partial charge in [0.15, 0.2) is 0 Å². The van der Waals surface area contributed by atoms with Crippen LogP contribution in [-0.4, -0.2) is 94.4 Å². The van der Waals surface area contributed by atoms with Crippen LogP contribution in [0.4, 0.5) is 9.59 Å². The third-order valence-corrected chi connectivity index (χ3v) is 2.69. The van der Waals surface area contributed by atoms with Gasteiger partial charge in [-0.1, -0.05) is 13.8 Å². The molecule has 0 unspecified atom stereocenters. The number of aliphatic hydroxyl groups is 2. The van der Waals surface area contributed by atoms with E-state index in [1.165, 1.54) is 0 Å². The molecular formula is C16H29NO12. The molecule has 0 atom stereocenters. The van der Waals surface area contributed by atoms with Crippen molar-refractivity contribution < 1.29 is 59.3 Å². The molecule has 7 N–H and O–H groups in total. The number of imide groups is 1. The molecule has 0 saturated carbocycles. The summed E-state index contributed by atoms with van der Waals surface area (Å²) in [4.78, 5) is 39.1. The van der Waals surface area contributed by atoms with Crippen LogP contribution >= 0.6 is 0 Å². The highest BCUT2D eigenvalue weighted by atomic mass is 16.6.